The molecule has 1 aliphatic heterocycles. The summed E-state index contributed by atoms with van der Waals surface area (Å²) >= 11 is 0. The molecule has 0 aromatic carbocycles. The van der Waals surface area contributed by atoms with Gasteiger partial charge in [-0.1, -0.05) is 20.4 Å². The summed E-state index contributed by atoms with van der Waals surface area (Å²) in [7, 11) is 1.76. The summed E-state index contributed by atoms with van der Waals surface area (Å²) in [6, 6.07) is 0.134. The van der Waals surface area contributed by atoms with Crippen LogP contribution >= 0.6 is 0 Å². The van der Waals surface area contributed by atoms with Gasteiger partial charge >= 0.3 is 6.09 Å². The van der Waals surface area contributed by atoms with Crippen molar-refractivity contribution >= 4 is 6.09 Å². The molecule has 0 N–H and O–H groups in total. The Morgan fingerprint density at radius 2 is 2.25 bits per heavy atom. The normalized spacial score (nSPS) is 29.3. The maximum atomic E-state index is 11.1. The van der Waals surface area contributed by atoms with Gasteiger partial charge in [-0.05, 0) is 12.0 Å². The molecular formula is C9H15NO2. The molecule has 0 aliphatic carbocycles. The number of hydrogen-bond donors (Lipinski definition) is 0. The number of likely N-dealkylation sites (N-methyl/N-ethyl adjacent to an activating group) is 1. The molecule has 1 rings (SSSR count). The second-order valence-electron chi connectivity index (χ2n) is 3.43. The minimum Gasteiger partial charge on any atom is -0.440 e. The third kappa shape index (κ3) is 1.31. The van der Waals surface area contributed by atoms with E-state index in [1.54, 1.807) is 18.0 Å². The molecule has 3 heteroatoms. The number of ether oxygens (including phenoxy) is 1. The van der Waals surface area contributed by atoms with Gasteiger partial charge in [0.1, 0.15) is 6.10 Å². The molecule has 1 heterocycles. The molecule has 1 fully saturated rings. The number of nitrogens with zero attached hydrogens (tertiary/aromatic N) is 1. The SMILES string of the molecule is C=C[C@@H]1OC(=O)N(C)[C@H]1C(C)C. The average Bonchev–Trinajstić information content (AvgIpc) is 2.28. The Morgan fingerprint density at radius 1 is 1.67 bits per heavy atom. The Morgan fingerprint density at radius 3 is 2.58 bits per heavy atom. The largest absolute Gasteiger partial charge is 0.440 e. The van der Waals surface area contributed by atoms with Gasteiger partial charge in [-0.15, -0.1) is 0 Å². The number of cyclic esters (lactones) is 1. The van der Waals surface area contributed by atoms with Crippen LogP contribution in [0.2, 0.25) is 0 Å². The van der Waals surface area contributed by atoms with E-state index in [1.165, 1.54) is 0 Å². The lowest BCUT2D eigenvalue weighted by Crippen LogP contribution is -2.37. The molecule has 0 radical (unpaired) electrons. The molecule has 1 saturated heterocycles. The first-order chi connectivity index (χ1) is 5.57. The summed E-state index contributed by atoms with van der Waals surface area (Å²) in [5.74, 6) is 0.393. The van der Waals surface area contributed by atoms with Gasteiger partial charge in [0.25, 0.3) is 0 Å². The van der Waals surface area contributed by atoms with Gasteiger partial charge in [-0.2, -0.15) is 0 Å². The summed E-state index contributed by atoms with van der Waals surface area (Å²) in [4.78, 5) is 12.8. The van der Waals surface area contributed by atoms with Gasteiger partial charge in [-0.3, -0.25) is 0 Å². The zero-order valence-corrected chi connectivity index (χ0v) is 7.78. The molecule has 1 aliphatic rings. The highest BCUT2D eigenvalue weighted by molar-refractivity contribution is 5.70. The second-order valence-corrected chi connectivity index (χ2v) is 3.43. The molecule has 0 spiro atoms. The quantitative estimate of drug-likeness (QED) is 0.588. The molecule has 0 unspecified atom stereocenters. The monoisotopic (exact) mass is 169 g/mol. The zero-order chi connectivity index (χ0) is 9.30. The van der Waals surface area contributed by atoms with E-state index in [4.69, 9.17) is 4.74 Å². The lowest BCUT2D eigenvalue weighted by molar-refractivity contribution is 0.147. The topological polar surface area (TPSA) is 29.5 Å². The predicted octanol–water partition coefficient (Wildman–Crippen LogP) is 1.65. The predicted molar refractivity (Wildman–Crippen MR) is 46.9 cm³/mol. The van der Waals surface area contributed by atoms with Crippen molar-refractivity contribution in [1.29, 1.82) is 0 Å². The van der Waals surface area contributed by atoms with Crippen LogP contribution < -0.4 is 0 Å². The Balaban J connectivity index is 2.80. The lowest BCUT2D eigenvalue weighted by atomic mass is 9.98. The standard InChI is InChI=1S/C9H15NO2/c1-5-7-8(6(2)3)10(4)9(11)12-7/h5-8H,1H2,2-4H3/t7-,8-/m0/s1. The van der Waals surface area contributed by atoms with E-state index in [2.05, 4.69) is 20.4 Å². The average molecular weight is 169 g/mol. The molecule has 2 atom stereocenters. The summed E-state index contributed by atoms with van der Waals surface area (Å²) in [6.07, 6.45) is 1.28. The highest BCUT2D eigenvalue weighted by Gasteiger charge is 2.39. The number of amides is 1. The number of rotatable bonds is 2. The number of carbonyl (C=O) groups excluding carboxylic acids is 1. The van der Waals surface area contributed by atoms with Gasteiger partial charge in [0.15, 0.2) is 0 Å². The van der Waals surface area contributed by atoms with E-state index in [0.29, 0.717) is 5.92 Å². The second kappa shape index (κ2) is 3.17. The van der Waals surface area contributed by atoms with Crippen LogP contribution in [0.4, 0.5) is 4.79 Å². The summed E-state index contributed by atoms with van der Waals surface area (Å²) in [5, 5.41) is 0. The Labute approximate surface area is 73.0 Å². The van der Waals surface area contributed by atoms with Crippen molar-refractivity contribution in [2.24, 2.45) is 5.92 Å². The van der Waals surface area contributed by atoms with E-state index in [9.17, 15) is 4.79 Å². The van der Waals surface area contributed by atoms with E-state index in [1.807, 2.05) is 0 Å². The minimum absolute atomic E-state index is 0.134. The van der Waals surface area contributed by atoms with E-state index >= 15 is 0 Å². The van der Waals surface area contributed by atoms with Crippen LogP contribution in [0.25, 0.3) is 0 Å². The molecule has 1 amide bonds. The van der Waals surface area contributed by atoms with Crippen LogP contribution in [0.15, 0.2) is 12.7 Å². The Kier molecular flexibility index (Phi) is 2.40. The fourth-order valence-corrected chi connectivity index (χ4v) is 1.63. The highest BCUT2D eigenvalue weighted by Crippen LogP contribution is 2.24. The van der Waals surface area contributed by atoms with Gasteiger partial charge in [0.05, 0.1) is 6.04 Å². The first-order valence-electron chi connectivity index (χ1n) is 4.14. The molecule has 0 aromatic rings. The smallest absolute Gasteiger partial charge is 0.410 e. The van der Waals surface area contributed by atoms with Crippen LogP contribution in [-0.2, 0) is 4.74 Å². The van der Waals surface area contributed by atoms with Crippen molar-refractivity contribution in [1.82, 2.24) is 4.90 Å². The van der Waals surface area contributed by atoms with Gasteiger partial charge in [0.2, 0.25) is 0 Å². The van der Waals surface area contributed by atoms with Crippen LogP contribution in [0.1, 0.15) is 13.8 Å². The van der Waals surface area contributed by atoms with Gasteiger partial charge in [-0.25, -0.2) is 4.79 Å². The molecule has 0 saturated carbocycles. The fourth-order valence-electron chi connectivity index (χ4n) is 1.63. The van der Waals surface area contributed by atoms with Crippen LogP contribution in [0.5, 0.6) is 0 Å². The van der Waals surface area contributed by atoms with Crippen LogP contribution in [0.3, 0.4) is 0 Å². The third-order valence-corrected chi connectivity index (χ3v) is 2.22. The van der Waals surface area contributed by atoms with Crippen molar-refractivity contribution in [2.45, 2.75) is 26.0 Å². The number of carbonyl (C=O) groups is 1. The maximum absolute atomic E-state index is 11.1. The number of hydrogen-bond acceptors (Lipinski definition) is 2. The first-order valence-corrected chi connectivity index (χ1v) is 4.14. The molecular weight excluding hydrogens is 154 g/mol. The lowest BCUT2D eigenvalue weighted by Gasteiger charge is -2.22. The summed E-state index contributed by atoms with van der Waals surface area (Å²) in [5.41, 5.74) is 0. The Bertz CT molecular complexity index is 201. The van der Waals surface area contributed by atoms with Gasteiger partial charge in [0, 0.05) is 7.05 Å². The minimum atomic E-state index is -0.251. The molecule has 0 aromatic heterocycles. The Hall–Kier alpha value is -0.990. The van der Waals surface area contributed by atoms with E-state index in [0.717, 1.165) is 0 Å². The molecule has 0 bridgehead atoms. The maximum Gasteiger partial charge on any atom is 0.410 e. The highest BCUT2D eigenvalue weighted by atomic mass is 16.6. The van der Waals surface area contributed by atoms with E-state index in [-0.39, 0.29) is 18.2 Å². The summed E-state index contributed by atoms with van der Waals surface area (Å²) in [6.45, 7) is 7.78. The molecule has 68 valence electrons. The van der Waals surface area contributed by atoms with E-state index < -0.39 is 0 Å². The van der Waals surface area contributed by atoms with Crippen molar-refractivity contribution in [3.63, 3.8) is 0 Å². The van der Waals surface area contributed by atoms with Crippen molar-refractivity contribution < 1.29 is 9.53 Å². The zero-order valence-electron chi connectivity index (χ0n) is 7.78. The van der Waals surface area contributed by atoms with Crippen molar-refractivity contribution in [3.8, 4) is 0 Å². The summed E-state index contributed by atoms with van der Waals surface area (Å²) < 4.78 is 5.07. The molecule has 12 heavy (non-hydrogen) atoms. The van der Waals surface area contributed by atoms with Gasteiger partial charge < -0.3 is 9.64 Å². The first kappa shape index (κ1) is 9.10. The van der Waals surface area contributed by atoms with Crippen molar-refractivity contribution in [3.05, 3.63) is 12.7 Å². The molecule has 3 nitrogen and oxygen atoms in total. The fraction of sp³-hybridized carbons (Fsp3) is 0.667. The van der Waals surface area contributed by atoms with Crippen LogP contribution in [0, 0.1) is 5.92 Å². The van der Waals surface area contributed by atoms with Crippen molar-refractivity contribution in [2.75, 3.05) is 7.05 Å². The van der Waals surface area contributed by atoms with Crippen LogP contribution in [-0.4, -0.2) is 30.2 Å². The third-order valence-electron chi connectivity index (χ3n) is 2.22.